The second kappa shape index (κ2) is 6.99. The highest BCUT2D eigenvalue weighted by atomic mass is 31.2. The van der Waals surface area contributed by atoms with E-state index in [0.717, 1.165) is 0 Å². The number of alkyl halides is 4. The van der Waals surface area contributed by atoms with Crippen LogP contribution >= 0.6 is 7.51 Å². The van der Waals surface area contributed by atoms with Gasteiger partial charge in [-0.2, -0.15) is 8.78 Å². The molecule has 0 aliphatic rings. The van der Waals surface area contributed by atoms with Gasteiger partial charge in [-0.1, -0.05) is 0 Å². The van der Waals surface area contributed by atoms with Gasteiger partial charge in [-0.3, -0.25) is 14.0 Å². The first kappa shape index (κ1) is 18.8. The summed E-state index contributed by atoms with van der Waals surface area (Å²) in [4.78, 5) is 8.33. The van der Waals surface area contributed by atoms with E-state index in [1.807, 2.05) is 0 Å². The zero-order chi connectivity index (χ0) is 15.4. The van der Waals surface area contributed by atoms with Gasteiger partial charge in [-0.05, 0) is 42.3 Å². The second-order valence-electron chi connectivity index (χ2n) is 4.50. The third-order valence-corrected chi connectivity index (χ3v) is 5.91. The average molecular weight is 308 g/mol. The Hall–Kier alpha value is -0.210. The average Bonchev–Trinajstić information content (AvgIpc) is 2.22. The van der Waals surface area contributed by atoms with Crippen molar-refractivity contribution in [2.75, 3.05) is 48.9 Å². The highest BCUT2D eigenvalue weighted by Gasteiger charge is 2.42. The number of halogens is 4. The summed E-state index contributed by atoms with van der Waals surface area (Å²) in [6.07, 6.45) is -3.77. The van der Waals surface area contributed by atoms with E-state index in [1.54, 1.807) is 56.3 Å². The number of rotatable bonds is 7. The first-order chi connectivity index (χ1) is 8.48. The molecule has 19 heavy (non-hydrogen) atoms. The first-order valence-electron chi connectivity index (χ1n) is 5.41. The molecule has 0 fully saturated rings. The second-order valence-corrected chi connectivity index (χ2v) is 8.13. The third-order valence-electron chi connectivity index (χ3n) is 2.35. The topological polar surface area (TPSA) is 31.3 Å². The monoisotopic (exact) mass is 308 g/mol. The van der Waals surface area contributed by atoms with Crippen molar-refractivity contribution in [2.45, 2.75) is 12.3 Å². The molecule has 0 bridgehead atoms. The highest BCUT2D eigenvalue weighted by Crippen LogP contribution is 2.54. The van der Waals surface area contributed by atoms with E-state index in [-0.39, 0.29) is 0 Å². The van der Waals surface area contributed by atoms with Crippen LogP contribution in [0.4, 0.5) is 17.6 Å². The molecule has 0 aromatic carbocycles. The Labute approximate surface area is 111 Å². The van der Waals surface area contributed by atoms with E-state index in [4.69, 9.17) is 0 Å². The van der Waals surface area contributed by atoms with Crippen LogP contribution in [0.5, 0.6) is 0 Å². The summed E-state index contributed by atoms with van der Waals surface area (Å²) in [5, 5.41) is 0. The standard InChI is InChI=1S/C9H21F4N4OP/c1-15(2)19(16(3)4,17(5)6)14-18-7-9(12,13)8(10)11/h8H,7H2,1-6H3. The zero-order valence-electron chi connectivity index (χ0n) is 11.9. The summed E-state index contributed by atoms with van der Waals surface area (Å²) < 4.78 is 54.7. The van der Waals surface area contributed by atoms with Gasteiger partial charge in [0, 0.05) is 0 Å². The van der Waals surface area contributed by atoms with E-state index >= 15 is 0 Å². The molecule has 0 amide bonds. The minimum Gasteiger partial charge on any atom is -0.250 e. The van der Waals surface area contributed by atoms with E-state index in [2.05, 4.69) is 9.75 Å². The molecular formula is C9H21F4N4OP. The molecule has 0 aliphatic heterocycles. The van der Waals surface area contributed by atoms with E-state index in [0.29, 0.717) is 0 Å². The molecule has 0 atom stereocenters. The van der Waals surface area contributed by atoms with Crippen LogP contribution in [-0.4, -0.2) is 75.3 Å². The Morgan fingerprint density at radius 1 is 1.00 bits per heavy atom. The SMILES string of the molecule is CN(C)P(=NOCC(F)(F)C(F)F)(N(C)C)N(C)C. The summed E-state index contributed by atoms with van der Waals surface area (Å²) in [7, 11) is 7.78. The van der Waals surface area contributed by atoms with E-state index < -0.39 is 26.5 Å². The minimum atomic E-state index is -4.20. The summed E-state index contributed by atoms with van der Waals surface area (Å²) >= 11 is 0. The van der Waals surface area contributed by atoms with Gasteiger partial charge in [-0.25, -0.2) is 13.6 Å². The van der Waals surface area contributed by atoms with Crippen molar-refractivity contribution < 1.29 is 22.4 Å². The molecule has 5 nitrogen and oxygen atoms in total. The smallest absolute Gasteiger partial charge is 0.250 e. The fraction of sp³-hybridized carbons (Fsp3) is 1.00. The highest BCUT2D eigenvalue weighted by molar-refractivity contribution is 7.58. The van der Waals surface area contributed by atoms with Gasteiger partial charge < -0.3 is 0 Å². The summed E-state index contributed by atoms with van der Waals surface area (Å²) in [6.45, 7) is -1.44. The largest absolute Gasteiger partial charge is 0.332 e. The molecule has 0 saturated heterocycles. The van der Waals surface area contributed by atoms with Crippen LogP contribution in [0.15, 0.2) is 4.91 Å². The maximum Gasteiger partial charge on any atom is 0.332 e. The third kappa shape index (κ3) is 4.39. The van der Waals surface area contributed by atoms with Crippen LogP contribution in [0, 0.1) is 0 Å². The maximum atomic E-state index is 12.8. The van der Waals surface area contributed by atoms with Crippen molar-refractivity contribution in [1.82, 2.24) is 14.0 Å². The maximum absolute atomic E-state index is 12.8. The lowest BCUT2D eigenvalue weighted by Crippen LogP contribution is -2.33. The molecule has 0 N–H and O–H groups in total. The molecule has 0 radical (unpaired) electrons. The Kier molecular flexibility index (Phi) is 6.91. The van der Waals surface area contributed by atoms with Gasteiger partial charge in [0.05, 0.1) is 0 Å². The summed E-state index contributed by atoms with van der Waals surface area (Å²) in [5.74, 6) is -4.20. The normalized spacial score (nSPS) is 14.0. The quantitative estimate of drug-likeness (QED) is 0.411. The Bertz CT molecular complexity index is 308. The van der Waals surface area contributed by atoms with Gasteiger partial charge in [0.15, 0.2) is 7.51 Å². The number of hydrogen-bond acceptors (Lipinski definition) is 2. The van der Waals surface area contributed by atoms with Crippen molar-refractivity contribution in [3.05, 3.63) is 0 Å². The molecule has 0 saturated carbocycles. The van der Waals surface area contributed by atoms with Gasteiger partial charge in [0.25, 0.3) is 0 Å². The van der Waals surface area contributed by atoms with Crippen molar-refractivity contribution in [2.24, 2.45) is 4.91 Å². The van der Waals surface area contributed by atoms with Crippen molar-refractivity contribution in [1.29, 1.82) is 0 Å². The fourth-order valence-electron chi connectivity index (χ4n) is 1.55. The molecule has 0 unspecified atom stereocenters. The van der Waals surface area contributed by atoms with E-state index in [1.165, 1.54) is 0 Å². The van der Waals surface area contributed by atoms with Gasteiger partial charge >= 0.3 is 12.3 Å². The fourth-order valence-corrected chi connectivity index (χ4v) is 4.35. The summed E-state index contributed by atoms with van der Waals surface area (Å²) in [6, 6.07) is 0. The molecule has 0 rings (SSSR count). The van der Waals surface area contributed by atoms with Gasteiger partial charge in [-0.15, -0.1) is 4.91 Å². The minimum absolute atomic E-state index is 1.44. The van der Waals surface area contributed by atoms with Crippen LogP contribution < -0.4 is 0 Å². The lowest BCUT2D eigenvalue weighted by atomic mass is 10.4. The Morgan fingerprint density at radius 3 is 1.63 bits per heavy atom. The lowest BCUT2D eigenvalue weighted by Gasteiger charge is -2.39. The summed E-state index contributed by atoms with van der Waals surface area (Å²) in [5.41, 5.74) is 0. The number of nitrogens with zero attached hydrogens (tertiary/aromatic N) is 4. The van der Waals surface area contributed by atoms with Crippen molar-refractivity contribution in [3.63, 3.8) is 0 Å². The predicted molar refractivity (Wildman–Crippen MR) is 67.3 cm³/mol. The Morgan fingerprint density at radius 2 is 1.37 bits per heavy atom. The van der Waals surface area contributed by atoms with Crippen LogP contribution in [0.25, 0.3) is 0 Å². The lowest BCUT2D eigenvalue weighted by molar-refractivity contribution is -0.165. The predicted octanol–water partition coefficient (Wildman–Crippen LogP) is 2.45. The van der Waals surface area contributed by atoms with Crippen LogP contribution in [0.1, 0.15) is 0 Å². The Balaban J connectivity index is 5.16. The van der Waals surface area contributed by atoms with Crippen LogP contribution in [0.3, 0.4) is 0 Å². The molecule has 0 aromatic rings. The first-order valence-corrected chi connectivity index (χ1v) is 7.01. The van der Waals surface area contributed by atoms with Gasteiger partial charge in [0.2, 0.25) is 0 Å². The molecule has 10 heteroatoms. The number of hydrogen-bond donors (Lipinski definition) is 0. The molecular weight excluding hydrogens is 287 g/mol. The van der Waals surface area contributed by atoms with Crippen molar-refractivity contribution >= 4 is 7.51 Å². The van der Waals surface area contributed by atoms with Crippen LogP contribution in [0.2, 0.25) is 0 Å². The van der Waals surface area contributed by atoms with Crippen molar-refractivity contribution in [3.8, 4) is 0 Å². The zero-order valence-corrected chi connectivity index (χ0v) is 12.8. The molecule has 116 valence electrons. The molecule has 0 aliphatic carbocycles. The van der Waals surface area contributed by atoms with E-state index in [9.17, 15) is 17.6 Å². The molecule has 0 heterocycles. The van der Waals surface area contributed by atoms with Gasteiger partial charge in [0.1, 0.15) is 6.61 Å². The molecule has 0 spiro atoms. The molecule has 0 aromatic heterocycles. The van der Waals surface area contributed by atoms with Crippen LogP contribution in [-0.2, 0) is 4.84 Å².